The highest BCUT2D eigenvalue weighted by Crippen LogP contribution is 2.23. The minimum Gasteiger partial charge on any atom is -0.507 e. The number of hydrogen-bond donors (Lipinski definition) is 1. The number of phenolic OH excluding ortho intramolecular Hbond substituents is 1. The Bertz CT molecular complexity index is 1170. The number of sulfonamides is 1. The Labute approximate surface area is 199 Å². The summed E-state index contributed by atoms with van der Waals surface area (Å²) in [7, 11) is -3.76. The minimum atomic E-state index is -3.76. The summed E-state index contributed by atoms with van der Waals surface area (Å²) >= 11 is 0. The number of carbonyl (C=O) groups excluding carboxylic acids is 2. The predicted molar refractivity (Wildman–Crippen MR) is 125 cm³/mol. The number of carbonyl (C=O) groups is 2. The zero-order valence-electron chi connectivity index (χ0n) is 19.3. The van der Waals surface area contributed by atoms with Crippen LogP contribution in [0.3, 0.4) is 0 Å². The Kier molecular flexibility index (Phi) is 6.92. The van der Waals surface area contributed by atoms with E-state index >= 15 is 0 Å². The van der Waals surface area contributed by atoms with E-state index in [9.17, 15) is 23.1 Å². The van der Waals surface area contributed by atoms with E-state index in [4.69, 9.17) is 4.74 Å². The number of ether oxygens (including phenoxy) is 1. The van der Waals surface area contributed by atoms with Crippen LogP contribution in [-0.2, 0) is 14.8 Å². The van der Waals surface area contributed by atoms with Gasteiger partial charge in [-0.2, -0.15) is 4.31 Å². The summed E-state index contributed by atoms with van der Waals surface area (Å²) in [6, 6.07) is 12.5. The van der Waals surface area contributed by atoms with Gasteiger partial charge in [0.15, 0.2) is 0 Å². The Hall–Kier alpha value is -2.95. The van der Waals surface area contributed by atoms with Crippen LogP contribution in [0.5, 0.6) is 5.75 Å². The lowest BCUT2D eigenvalue weighted by atomic mass is 10.1. The third kappa shape index (κ3) is 4.94. The SMILES string of the molecule is CC1CN(S(=O)(=O)c2cccc(C(=O)N3CCN(C(=O)c4ccccc4O)CC3)c2)CC(C)O1. The largest absolute Gasteiger partial charge is 0.507 e. The molecule has 0 radical (unpaired) electrons. The van der Waals surface area contributed by atoms with Crippen LogP contribution in [0.2, 0.25) is 0 Å². The van der Waals surface area contributed by atoms with Gasteiger partial charge in [-0.25, -0.2) is 8.42 Å². The molecular weight excluding hydrogens is 458 g/mol. The third-order valence-electron chi connectivity index (χ3n) is 6.09. The van der Waals surface area contributed by atoms with Crippen molar-refractivity contribution in [3.63, 3.8) is 0 Å². The second-order valence-electron chi connectivity index (χ2n) is 8.71. The molecule has 2 saturated heterocycles. The van der Waals surface area contributed by atoms with Gasteiger partial charge in [-0.3, -0.25) is 9.59 Å². The molecule has 0 aromatic heterocycles. The van der Waals surface area contributed by atoms with E-state index in [1.807, 2.05) is 13.8 Å². The molecule has 1 N–H and O–H groups in total. The van der Waals surface area contributed by atoms with Crippen molar-refractivity contribution < 1.29 is 27.9 Å². The first-order valence-corrected chi connectivity index (χ1v) is 12.7. The smallest absolute Gasteiger partial charge is 0.257 e. The number of rotatable bonds is 4. The van der Waals surface area contributed by atoms with Crippen molar-refractivity contribution in [3.8, 4) is 5.75 Å². The highest BCUT2D eigenvalue weighted by atomic mass is 32.2. The van der Waals surface area contributed by atoms with Crippen molar-refractivity contribution >= 4 is 21.8 Å². The molecule has 0 bridgehead atoms. The highest BCUT2D eigenvalue weighted by Gasteiger charge is 2.33. The topological polar surface area (TPSA) is 107 Å². The van der Waals surface area contributed by atoms with Gasteiger partial charge >= 0.3 is 0 Å². The Morgan fingerprint density at radius 3 is 2.09 bits per heavy atom. The van der Waals surface area contributed by atoms with Crippen molar-refractivity contribution in [1.82, 2.24) is 14.1 Å². The van der Waals surface area contributed by atoms with Crippen LogP contribution >= 0.6 is 0 Å². The molecule has 34 heavy (non-hydrogen) atoms. The fourth-order valence-electron chi connectivity index (χ4n) is 4.39. The van der Waals surface area contributed by atoms with Crippen molar-refractivity contribution in [2.24, 2.45) is 0 Å². The van der Waals surface area contributed by atoms with E-state index in [0.717, 1.165) is 0 Å². The zero-order chi connectivity index (χ0) is 24.5. The maximum absolute atomic E-state index is 13.2. The van der Waals surface area contributed by atoms with E-state index < -0.39 is 10.0 Å². The summed E-state index contributed by atoms with van der Waals surface area (Å²) in [5, 5.41) is 9.94. The first-order chi connectivity index (χ1) is 16.2. The van der Waals surface area contributed by atoms with Crippen molar-refractivity contribution in [2.45, 2.75) is 31.0 Å². The maximum Gasteiger partial charge on any atom is 0.257 e. The summed E-state index contributed by atoms with van der Waals surface area (Å²) < 4.78 is 33.4. The summed E-state index contributed by atoms with van der Waals surface area (Å²) in [4.78, 5) is 29.1. The van der Waals surface area contributed by atoms with Gasteiger partial charge < -0.3 is 19.6 Å². The number of morpholine rings is 1. The van der Waals surface area contributed by atoms with Gasteiger partial charge in [0, 0.05) is 44.8 Å². The lowest BCUT2D eigenvalue weighted by molar-refractivity contribution is -0.0440. The predicted octanol–water partition coefficient (Wildman–Crippen LogP) is 1.79. The van der Waals surface area contributed by atoms with Gasteiger partial charge in [0.2, 0.25) is 10.0 Å². The molecule has 2 fully saturated rings. The van der Waals surface area contributed by atoms with Crippen molar-refractivity contribution in [3.05, 3.63) is 59.7 Å². The molecule has 2 aliphatic heterocycles. The van der Waals surface area contributed by atoms with Gasteiger partial charge in [-0.15, -0.1) is 0 Å². The van der Waals surface area contributed by atoms with Crippen LogP contribution in [0.25, 0.3) is 0 Å². The molecule has 182 valence electrons. The molecule has 2 aromatic carbocycles. The number of hydrogen-bond acceptors (Lipinski definition) is 6. The molecule has 4 rings (SSSR count). The number of para-hydroxylation sites is 1. The summed E-state index contributed by atoms with van der Waals surface area (Å²) in [6.07, 6.45) is -0.416. The molecule has 0 saturated carbocycles. The average molecular weight is 488 g/mol. The standard InChI is InChI=1S/C24H29N3O6S/c1-17-15-27(16-18(2)33-17)34(31,32)20-7-5-6-19(14-20)23(29)25-10-12-26(13-11-25)24(30)21-8-3-4-9-22(21)28/h3-9,14,17-18,28H,10-13,15-16H2,1-2H3. The van der Waals surface area contributed by atoms with Crippen LogP contribution in [0, 0.1) is 0 Å². The lowest BCUT2D eigenvalue weighted by Crippen LogP contribution is -2.50. The number of piperazine rings is 1. The summed E-state index contributed by atoms with van der Waals surface area (Å²) in [5.74, 6) is -0.643. The van der Waals surface area contributed by atoms with Gasteiger partial charge in [0.1, 0.15) is 5.75 Å². The molecule has 0 spiro atoms. The average Bonchev–Trinajstić information content (AvgIpc) is 2.83. The van der Waals surface area contributed by atoms with Crippen LogP contribution in [-0.4, -0.2) is 90.9 Å². The molecule has 10 heteroatoms. The molecule has 2 unspecified atom stereocenters. The Morgan fingerprint density at radius 1 is 0.882 bits per heavy atom. The second kappa shape index (κ2) is 9.73. The molecule has 2 aliphatic rings. The van der Waals surface area contributed by atoms with Crippen LogP contribution < -0.4 is 0 Å². The van der Waals surface area contributed by atoms with E-state index in [-0.39, 0.29) is 58.9 Å². The maximum atomic E-state index is 13.2. The number of nitrogens with zero attached hydrogens (tertiary/aromatic N) is 3. The lowest BCUT2D eigenvalue weighted by Gasteiger charge is -2.35. The normalized spacial score (nSPS) is 21.9. The molecule has 2 amide bonds. The summed E-state index contributed by atoms with van der Waals surface area (Å²) in [6.45, 7) is 5.46. The number of benzene rings is 2. The summed E-state index contributed by atoms with van der Waals surface area (Å²) in [5.41, 5.74) is 0.517. The number of amides is 2. The number of aromatic hydroxyl groups is 1. The first kappa shape index (κ1) is 24.2. The van der Waals surface area contributed by atoms with Gasteiger partial charge in [0.25, 0.3) is 11.8 Å². The van der Waals surface area contributed by atoms with E-state index in [0.29, 0.717) is 26.2 Å². The van der Waals surface area contributed by atoms with Gasteiger partial charge in [-0.1, -0.05) is 18.2 Å². The van der Waals surface area contributed by atoms with E-state index in [2.05, 4.69) is 0 Å². The highest BCUT2D eigenvalue weighted by molar-refractivity contribution is 7.89. The Morgan fingerprint density at radius 2 is 1.47 bits per heavy atom. The number of phenols is 1. The molecule has 2 heterocycles. The van der Waals surface area contributed by atoms with Crippen molar-refractivity contribution in [1.29, 1.82) is 0 Å². The minimum absolute atomic E-state index is 0.0758. The van der Waals surface area contributed by atoms with Crippen molar-refractivity contribution in [2.75, 3.05) is 39.3 Å². The van der Waals surface area contributed by atoms with E-state index in [1.54, 1.807) is 40.1 Å². The molecule has 0 aliphatic carbocycles. The third-order valence-corrected chi connectivity index (χ3v) is 7.92. The van der Waals surface area contributed by atoms with Crippen LogP contribution in [0.4, 0.5) is 0 Å². The second-order valence-corrected chi connectivity index (χ2v) is 10.6. The monoisotopic (exact) mass is 487 g/mol. The molecule has 9 nitrogen and oxygen atoms in total. The molecule has 2 atom stereocenters. The van der Waals surface area contributed by atoms with Crippen LogP contribution in [0.1, 0.15) is 34.6 Å². The molecular formula is C24H29N3O6S. The van der Waals surface area contributed by atoms with Crippen LogP contribution in [0.15, 0.2) is 53.4 Å². The first-order valence-electron chi connectivity index (χ1n) is 11.3. The molecule has 2 aromatic rings. The van der Waals surface area contributed by atoms with Gasteiger partial charge in [-0.05, 0) is 44.2 Å². The van der Waals surface area contributed by atoms with E-state index in [1.165, 1.54) is 22.5 Å². The zero-order valence-corrected chi connectivity index (χ0v) is 20.1. The fraction of sp³-hybridized carbons (Fsp3) is 0.417. The Balaban J connectivity index is 1.44. The quantitative estimate of drug-likeness (QED) is 0.705. The van der Waals surface area contributed by atoms with Gasteiger partial charge in [0.05, 0.1) is 22.7 Å². The fourth-order valence-corrected chi connectivity index (χ4v) is 6.02.